The molecule has 0 amide bonds. The third-order valence-electron chi connectivity index (χ3n) is 4.95. The standard InChI is InChI=1S/C14H27NO/c1-11-6-5-7-12(10-11)13(15)14(16-2)8-3-4-9-14/h11-13H,3-10,15H2,1-2H3. The Morgan fingerprint density at radius 1 is 1.19 bits per heavy atom. The molecule has 0 aromatic rings. The molecule has 0 aromatic carbocycles. The van der Waals surface area contributed by atoms with Gasteiger partial charge in [0, 0.05) is 13.2 Å². The van der Waals surface area contributed by atoms with Crippen LogP contribution >= 0.6 is 0 Å². The van der Waals surface area contributed by atoms with Crippen LogP contribution in [0.1, 0.15) is 58.3 Å². The van der Waals surface area contributed by atoms with Gasteiger partial charge in [-0.25, -0.2) is 0 Å². The van der Waals surface area contributed by atoms with Gasteiger partial charge in [0.05, 0.1) is 5.60 Å². The highest BCUT2D eigenvalue weighted by Gasteiger charge is 2.43. The topological polar surface area (TPSA) is 35.2 Å². The molecule has 0 saturated heterocycles. The van der Waals surface area contributed by atoms with Crippen LogP contribution in [-0.4, -0.2) is 18.8 Å². The molecule has 0 aliphatic heterocycles. The molecule has 0 aromatic heterocycles. The van der Waals surface area contributed by atoms with Gasteiger partial charge in [0.1, 0.15) is 0 Å². The minimum absolute atomic E-state index is 0.0156. The summed E-state index contributed by atoms with van der Waals surface area (Å²) in [6, 6.07) is 0.266. The van der Waals surface area contributed by atoms with E-state index in [0.717, 1.165) is 5.92 Å². The van der Waals surface area contributed by atoms with E-state index in [0.29, 0.717) is 5.92 Å². The second-order valence-electron chi connectivity index (χ2n) is 6.03. The molecule has 0 heterocycles. The molecule has 2 N–H and O–H groups in total. The maximum Gasteiger partial charge on any atom is 0.0831 e. The highest BCUT2D eigenvalue weighted by atomic mass is 16.5. The van der Waals surface area contributed by atoms with Gasteiger partial charge in [-0.15, -0.1) is 0 Å². The van der Waals surface area contributed by atoms with Gasteiger partial charge in [-0.05, 0) is 37.5 Å². The van der Waals surface area contributed by atoms with E-state index in [4.69, 9.17) is 10.5 Å². The summed E-state index contributed by atoms with van der Waals surface area (Å²) >= 11 is 0. The summed E-state index contributed by atoms with van der Waals surface area (Å²) in [6.45, 7) is 2.37. The van der Waals surface area contributed by atoms with Crippen LogP contribution in [0.4, 0.5) is 0 Å². The maximum atomic E-state index is 6.54. The highest BCUT2D eigenvalue weighted by Crippen LogP contribution is 2.41. The first-order valence-electron chi connectivity index (χ1n) is 6.99. The second kappa shape index (κ2) is 5.05. The number of rotatable bonds is 3. The molecule has 2 fully saturated rings. The third-order valence-corrected chi connectivity index (χ3v) is 4.95. The summed E-state index contributed by atoms with van der Waals surface area (Å²) in [5.74, 6) is 1.56. The van der Waals surface area contributed by atoms with Gasteiger partial charge in [0.25, 0.3) is 0 Å². The van der Waals surface area contributed by atoms with E-state index in [2.05, 4.69) is 6.92 Å². The molecule has 3 unspecified atom stereocenters. The van der Waals surface area contributed by atoms with Crippen molar-refractivity contribution in [3.63, 3.8) is 0 Å². The highest BCUT2D eigenvalue weighted by molar-refractivity contribution is 4.99. The van der Waals surface area contributed by atoms with E-state index in [1.54, 1.807) is 0 Å². The van der Waals surface area contributed by atoms with Crippen molar-refractivity contribution in [1.29, 1.82) is 0 Å². The van der Waals surface area contributed by atoms with Gasteiger partial charge in [-0.1, -0.05) is 32.6 Å². The molecule has 2 nitrogen and oxygen atoms in total. The summed E-state index contributed by atoms with van der Waals surface area (Å²) in [4.78, 5) is 0. The maximum absolute atomic E-state index is 6.54. The van der Waals surface area contributed by atoms with Crippen LogP contribution in [0.2, 0.25) is 0 Å². The van der Waals surface area contributed by atoms with Crippen LogP contribution in [0.5, 0.6) is 0 Å². The fourth-order valence-electron chi connectivity index (χ4n) is 3.88. The van der Waals surface area contributed by atoms with Crippen LogP contribution < -0.4 is 5.73 Å². The smallest absolute Gasteiger partial charge is 0.0831 e. The van der Waals surface area contributed by atoms with Crippen LogP contribution in [0.25, 0.3) is 0 Å². The molecule has 0 radical (unpaired) electrons. The Balaban J connectivity index is 2.01. The second-order valence-corrected chi connectivity index (χ2v) is 6.03. The molecule has 2 aliphatic carbocycles. The Kier molecular flexibility index (Phi) is 3.91. The zero-order chi connectivity index (χ0) is 11.6. The summed E-state index contributed by atoms with van der Waals surface area (Å²) in [6.07, 6.45) is 10.3. The Bertz CT molecular complexity index is 223. The fraction of sp³-hybridized carbons (Fsp3) is 1.00. The van der Waals surface area contributed by atoms with E-state index >= 15 is 0 Å². The summed E-state index contributed by atoms with van der Waals surface area (Å²) in [7, 11) is 1.86. The van der Waals surface area contributed by atoms with E-state index in [1.165, 1.54) is 51.4 Å². The van der Waals surface area contributed by atoms with E-state index in [1.807, 2.05) is 7.11 Å². The van der Waals surface area contributed by atoms with Crippen molar-refractivity contribution in [2.75, 3.05) is 7.11 Å². The average molecular weight is 225 g/mol. The predicted molar refractivity (Wildman–Crippen MR) is 67.3 cm³/mol. The Morgan fingerprint density at radius 2 is 1.88 bits per heavy atom. The minimum Gasteiger partial charge on any atom is -0.377 e. The van der Waals surface area contributed by atoms with Gasteiger partial charge in [-0.2, -0.15) is 0 Å². The first-order chi connectivity index (χ1) is 7.68. The molecule has 2 aliphatic rings. The van der Waals surface area contributed by atoms with Crippen LogP contribution in [0.3, 0.4) is 0 Å². The first kappa shape index (κ1) is 12.4. The fourth-order valence-corrected chi connectivity index (χ4v) is 3.88. The van der Waals surface area contributed by atoms with Crippen LogP contribution in [0.15, 0.2) is 0 Å². The molecular formula is C14H27NO. The molecule has 2 saturated carbocycles. The van der Waals surface area contributed by atoms with Crippen molar-refractivity contribution in [1.82, 2.24) is 0 Å². The van der Waals surface area contributed by atoms with Crippen molar-refractivity contribution >= 4 is 0 Å². The van der Waals surface area contributed by atoms with Crippen LogP contribution in [-0.2, 0) is 4.74 Å². The van der Waals surface area contributed by atoms with E-state index in [-0.39, 0.29) is 11.6 Å². The lowest BCUT2D eigenvalue weighted by molar-refractivity contribution is -0.0468. The van der Waals surface area contributed by atoms with Crippen molar-refractivity contribution in [3.05, 3.63) is 0 Å². The number of hydrogen-bond donors (Lipinski definition) is 1. The normalized spacial score (nSPS) is 36.2. The van der Waals surface area contributed by atoms with Gasteiger partial charge < -0.3 is 10.5 Å². The molecule has 3 atom stereocenters. The molecule has 2 heteroatoms. The Labute approximate surface area is 99.9 Å². The molecule has 0 bridgehead atoms. The zero-order valence-corrected chi connectivity index (χ0v) is 10.9. The average Bonchev–Trinajstić information content (AvgIpc) is 2.78. The van der Waals surface area contributed by atoms with Crippen LogP contribution in [0, 0.1) is 11.8 Å². The van der Waals surface area contributed by atoms with E-state index < -0.39 is 0 Å². The van der Waals surface area contributed by atoms with Crippen molar-refractivity contribution < 1.29 is 4.74 Å². The summed E-state index contributed by atoms with van der Waals surface area (Å²) in [5, 5.41) is 0. The molecule has 2 rings (SSSR count). The zero-order valence-electron chi connectivity index (χ0n) is 10.9. The van der Waals surface area contributed by atoms with Gasteiger partial charge in [0.2, 0.25) is 0 Å². The van der Waals surface area contributed by atoms with Crippen molar-refractivity contribution in [2.45, 2.75) is 69.9 Å². The summed E-state index contributed by atoms with van der Waals surface area (Å²) in [5.41, 5.74) is 6.55. The van der Waals surface area contributed by atoms with Gasteiger partial charge in [-0.3, -0.25) is 0 Å². The van der Waals surface area contributed by atoms with E-state index in [9.17, 15) is 0 Å². The lowest BCUT2D eigenvalue weighted by Crippen LogP contribution is -2.52. The Hall–Kier alpha value is -0.0800. The number of nitrogens with two attached hydrogens (primary N) is 1. The number of methoxy groups -OCH3 is 1. The number of hydrogen-bond acceptors (Lipinski definition) is 2. The van der Waals surface area contributed by atoms with Crippen molar-refractivity contribution in [3.8, 4) is 0 Å². The molecule has 94 valence electrons. The number of ether oxygens (including phenoxy) is 1. The molecular weight excluding hydrogens is 198 g/mol. The SMILES string of the molecule is COC1(C(N)C2CCCC(C)C2)CCCC1. The van der Waals surface area contributed by atoms with Crippen molar-refractivity contribution in [2.24, 2.45) is 17.6 Å². The quantitative estimate of drug-likeness (QED) is 0.801. The lowest BCUT2D eigenvalue weighted by Gasteiger charge is -2.41. The molecule has 16 heavy (non-hydrogen) atoms. The van der Waals surface area contributed by atoms with Gasteiger partial charge >= 0.3 is 0 Å². The third kappa shape index (κ3) is 2.28. The predicted octanol–water partition coefficient (Wildman–Crippen LogP) is 3.10. The largest absolute Gasteiger partial charge is 0.377 e. The lowest BCUT2D eigenvalue weighted by atomic mass is 9.73. The monoisotopic (exact) mass is 225 g/mol. The summed E-state index contributed by atoms with van der Waals surface area (Å²) < 4.78 is 5.82. The Morgan fingerprint density at radius 3 is 2.44 bits per heavy atom. The first-order valence-corrected chi connectivity index (χ1v) is 6.99. The molecule has 0 spiro atoms. The van der Waals surface area contributed by atoms with Gasteiger partial charge in [0.15, 0.2) is 0 Å². The minimum atomic E-state index is 0.0156.